The van der Waals surface area contributed by atoms with Crippen LogP contribution >= 0.6 is 11.6 Å². The molecular weight excluding hydrogens is 432 g/mol. The molecule has 6 nitrogen and oxygen atoms in total. The molecule has 0 aromatic heterocycles. The van der Waals surface area contributed by atoms with E-state index in [9.17, 15) is 24.9 Å². The van der Waals surface area contributed by atoms with E-state index in [4.69, 9.17) is 16.3 Å². The van der Waals surface area contributed by atoms with Crippen molar-refractivity contribution in [2.75, 3.05) is 0 Å². The predicted molar refractivity (Wildman–Crippen MR) is 121 cm³/mol. The lowest BCUT2D eigenvalue weighted by Gasteiger charge is -2.48. The Kier molecular flexibility index (Phi) is 5.39. The molecule has 6 rings (SSSR count). The number of rotatable bonds is 0. The van der Waals surface area contributed by atoms with Crippen molar-refractivity contribution in [1.29, 1.82) is 0 Å². The van der Waals surface area contributed by atoms with Gasteiger partial charge in [0.1, 0.15) is 11.5 Å². The van der Waals surface area contributed by atoms with E-state index >= 15 is 0 Å². The number of ether oxygens (including phenoxy) is 1. The molecule has 0 radical (unpaired) electrons. The van der Waals surface area contributed by atoms with Crippen LogP contribution < -0.4 is 0 Å². The van der Waals surface area contributed by atoms with Crippen LogP contribution in [-0.4, -0.2) is 49.6 Å². The smallest absolute Gasteiger partial charge is 0.200 e. The van der Waals surface area contributed by atoms with Crippen LogP contribution in [0.2, 0.25) is 0 Å². The van der Waals surface area contributed by atoms with Crippen molar-refractivity contribution < 1.29 is 29.6 Å². The first-order chi connectivity index (χ1) is 14.9. The number of hydrogen-bond donors (Lipinski definition) is 3. The molecule has 170 valence electrons. The standard InChI is InChI=1S/C25H27ClO6/c1-12-5-6-17(27)13(2)9-14-18(28)10-15-20(21(14)29)22(30)16-11-19(26)24(3,4)32-25(16,8-7-12)23(15)31/h7,10-11,17,19,27-29H,2,5-6,8-9H2,1,3-4H3/t17-,19-,25-/m1/s1. The van der Waals surface area contributed by atoms with E-state index in [0.29, 0.717) is 18.4 Å². The molecule has 3 atom stereocenters. The van der Waals surface area contributed by atoms with Crippen LogP contribution in [0.3, 0.4) is 0 Å². The second kappa shape index (κ2) is 7.58. The second-order valence-electron chi connectivity index (χ2n) is 9.46. The number of aliphatic hydroxyl groups excluding tert-OH is 1. The molecule has 4 aliphatic carbocycles. The zero-order valence-electron chi connectivity index (χ0n) is 18.4. The summed E-state index contributed by atoms with van der Waals surface area (Å²) in [6, 6.07) is 1.20. The number of phenolic OH excluding ortho intramolecular Hbond substituents is 2. The predicted octanol–water partition coefficient (Wildman–Crippen LogP) is 4.15. The van der Waals surface area contributed by atoms with Crippen LogP contribution in [0.5, 0.6) is 11.5 Å². The molecule has 0 amide bonds. The van der Waals surface area contributed by atoms with Gasteiger partial charge < -0.3 is 20.1 Å². The molecule has 0 saturated heterocycles. The molecule has 1 aliphatic heterocycles. The molecule has 1 aromatic carbocycles. The first-order valence-corrected chi connectivity index (χ1v) is 11.1. The van der Waals surface area contributed by atoms with Gasteiger partial charge in [0.15, 0.2) is 11.4 Å². The number of benzene rings is 1. The minimum Gasteiger partial charge on any atom is -0.507 e. The van der Waals surface area contributed by atoms with Gasteiger partial charge in [-0.25, -0.2) is 0 Å². The van der Waals surface area contributed by atoms with Crippen molar-refractivity contribution in [3.8, 4) is 11.5 Å². The van der Waals surface area contributed by atoms with Gasteiger partial charge in [0.2, 0.25) is 5.78 Å². The molecule has 4 bridgehead atoms. The van der Waals surface area contributed by atoms with E-state index in [2.05, 4.69) is 6.58 Å². The summed E-state index contributed by atoms with van der Waals surface area (Å²) < 4.78 is 6.29. The van der Waals surface area contributed by atoms with Gasteiger partial charge >= 0.3 is 0 Å². The number of phenols is 2. The lowest BCUT2D eigenvalue weighted by molar-refractivity contribution is -0.103. The number of aromatic hydroxyl groups is 2. The lowest BCUT2D eigenvalue weighted by Crippen LogP contribution is -2.58. The van der Waals surface area contributed by atoms with Crippen molar-refractivity contribution in [2.45, 2.75) is 69.1 Å². The maximum atomic E-state index is 13.8. The van der Waals surface area contributed by atoms with E-state index in [-0.39, 0.29) is 40.9 Å². The van der Waals surface area contributed by atoms with Crippen LogP contribution in [-0.2, 0) is 11.2 Å². The van der Waals surface area contributed by atoms with Crippen LogP contribution in [0.15, 0.2) is 41.5 Å². The Bertz CT molecular complexity index is 1110. The Labute approximate surface area is 191 Å². The average Bonchev–Trinajstić information content (AvgIpc) is 2.72. The summed E-state index contributed by atoms with van der Waals surface area (Å²) in [5.74, 6) is -1.89. The number of alkyl halides is 1. The van der Waals surface area contributed by atoms with Gasteiger partial charge in [0.25, 0.3) is 0 Å². The van der Waals surface area contributed by atoms with Crippen LogP contribution in [0, 0.1) is 0 Å². The van der Waals surface area contributed by atoms with E-state index in [1.165, 1.54) is 6.07 Å². The van der Waals surface area contributed by atoms with Gasteiger partial charge in [-0.3, -0.25) is 9.59 Å². The first-order valence-electron chi connectivity index (χ1n) is 10.6. The van der Waals surface area contributed by atoms with Gasteiger partial charge in [-0.2, -0.15) is 0 Å². The molecule has 0 unspecified atom stereocenters. The number of Topliss-reactive ketones (excluding diaryl/α,β-unsaturated/α-hetero) is 2. The maximum absolute atomic E-state index is 13.8. The number of fused-ring (bicyclic) bond motifs is 1. The Morgan fingerprint density at radius 3 is 2.62 bits per heavy atom. The monoisotopic (exact) mass is 458 g/mol. The molecular formula is C25H27ClO6. The van der Waals surface area contributed by atoms with Crippen molar-refractivity contribution in [3.05, 3.63) is 58.2 Å². The molecule has 0 fully saturated rings. The quantitative estimate of drug-likeness (QED) is 0.398. The largest absolute Gasteiger partial charge is 0.507 e. The highest BCUT2D eigenvalue weighted by Gasteiger charge is 2.57. The number of carbonyl (C=O) groups excluding carboxylic acids is 2. The maximum Gasteiger partial charge on any atom is 0.200 e. The van der Waals surface area contributed by atoms with Gasteiger partial charge in [0, 0.05) is 29.5 Å². The SMILES string of the molecule is C=C1Cc2c(O)cc3c(c2O)C(=O)C2=C[C@@H](Cl)C(C)(C)O[C@@]2(CC=C(C)CC[C@H]1O)C3=O. The minimum atomic E-state index is -1.62. The van der Waals surface area contributed by atoms with Crippen LogP contribution in [0.4, 0.5) is 0 Å². The lowest BCUT2D eigenvalue weighted by atomic mass is 9.69. The highest BCUT2D eigenvalue weighted by Crippen LogP contribution is 2.50. The van der Waals surface area contributed by atoms with E-state index in [0.717, 1.165) is 5.57 Å². The number of aliphatic hydroxyl groups is 1. The first kappa shape index (κ1) is 22.8. The third-order valence-corrected chi connectivity index (χ3v) is 7.39. The summed E-state index contributed by atoms with van der Waals surface area (Å²) in [4.78, 5) is 27.5. The van der Waals surface area contributed by atoms with Gasteiger partial charge in [0.05, 0.1) is 22.6 Å². The molecule has 1 aromatic rings. The van der Waals surface area contributed by atoms with Gasteiger partial charge in [-0.05, 0) is 45.3 Å². The summed E-state index contributed by atoms with van der Waals surface area (Å²) in [6.45, 7) is 9.29. The third-order valence-electron chi connectivity index (χ3n) is 6.74. The highest BCUT2D eigenvalue weighted by molar-refractivity contribution is 6.30. The van der Waals surface area contributed by atoms with E-state index in [1.54, 1.807) is 19.9 Å². The number of carbonyl (C=O) groups is 2. The Balaban J connectivity index is 2.04. The highest BCUT2D eigenvalue weighted by atomic mass is 35.5. The van der Waals surface area contributed by atoms with Crippen molar-refractivity contribution in [3.63, 3.8) is 0 Å². The zero-order chi connectivity index (χ0) is 23.6. The summed E-state index contributed by atoms with van der Waals surface area (Å²) in [5.41, 5.74) is -1.36. The van der Waals surface area contributed by atoms with Gasteiger partial charge in [-0.1, -0.05) is 24.3 Å². The Hall–Kier alpha value is -2.41. The summed E-state index contributed by atoms with van der Waals surface area (Å²) in [6.07, 6.45) is 3.52. The number of halogens is 1. The molecule has 7 heteroatoms. The summed E-state index contributed by atoms with van der Waals surface area (Å²) >= 11 is 6.49. The molecule has 1 spiro atoms. The van der Waals surface area contributed by atoms with Crippen LogP contribution in [0.25, 0.3) is 0 Å². The number of hydrogen-bond acceptors (Lipinski definition) is 6. The van der Waals surface area contributed by atoms with E-state index < -0.39 is 40.0 Å². The number of ketones is 2. The third kappa shape index (κ3) is 3.33. The molecule has 1 heterocycles. The number of allylic oxidation sites excluding steroid dienone is 1. The fraction of sp³-hybridized carbons (Fsp3) is 0.440. The zero-order valence-corrected chi connectivity index (χ0v) is 19.1. The minimum absolute atomic E-state index is 0.0395. The fourth-order valence-corrected chi connectivity index (χ4v) is 4.85. The molecule has 0 saturated carbocycles. The van der Waals surface area contributed by atoms with Crippen molar-refractivity contribution in [1.82, 2.24) is 0 Å². The summed E-state index contributed by atoms with van der Waals surface area (Å²) in [7, 11) is 0. The Morgan fingerprint density at radius 1 is 1.25 bits per heavy atom. The second-order valence-corrected chi connectivity index (χ2v) is 9.93. The molecule has 32 heavy (non-hydrogen) atoms. The van der Waals surface area contributed by atoms with Crippen molar-refractivity contribution >= 4 is 23.2 Å². The molecule has 5 aliphatic rings. The van der Waals surface area contributed by atoms with Gasteiger partial charge in [-0.15, -0.1) is 11.6 Å². The topological polar surface area (TPSA) is 104 Å². The average molecular weight is 459 g/mol. The van der Waals surface area contributed by atoms with E-state index in [1.807, 2.05) is 13.0 Å². The Morgan fingerprint density at radius 2 is 1.94 bits per heavy atom. The molecule has 3 N–H and O–H groups in total. The van der Waals surface area contributed by atoms with Crippen LogP contribution in [0.1, 0.15) is 66.3 Å². The summed E-state index contributed by atoms with van der Waals surface area (Å²) in [5, 5.41) is 31.4. The van der Waals surface area contributed by atoms with Crippen molar-refractivity contribution in [2.24, 2.45) is 0 Å². The normalized spacial score (nSPS) is 30.0. The fourth-order valence-electron chi connectivity index (χ4n) is 4.68.